The molecule has 3 heterocycles. The lowest BCUT2D eigenvalue weighted by atomic mass is 10.1. The average Bonchev–Trinajstić information content (AvgIpc) is 2.71. The van der Waals surface area contributed by atoms with Gasteiger partial charge in [-0.15, -0.1) is 0 Å². The largest absolute Gasteiger partial charge is 0.424 e. The standard InChI is InChI=1S/C20H18N6O2/c27-8-4-7-26-13-16(14-26)24-19-12-21-11-18(25-19)15-9-22-20(23-10-15)28-17-5-2-1-3-6-17/h1-12,16H,13-14H2,(H,24,25). The van der Waals surface area contributed by atoms with Crippen molar-refractivity contribution >= 4 is 12.1 Å². The van der Waals surface area contributed by atoms with Gasteiger partial charge in [0.1, 0.15) is 17.9 Å². The summed E-state index contributed by atoms with van der Waals surface area (Å²) < 4.78 is 5.60. The predicted molar refractivity (Wildman–Crippen MR) is 104 cm³/mol. The van der Waals surface area contributed by atoms with Gasteiger partial charge >= 0.3 is 6.01 Å². The molecule has 0 bridgehead atoms. The minimum atomic E-state index is 0.263. The van der Waals surface area contributed by atoms with E-state index in [0.717, 1.165) is 24.9 Å². The number of benzene rings is 1. The molecule has 1 saturated heterocycles. The van der Waals surface area contributed by atoms with E-state index in [1.807, 2.05) is 35.2 Å². The van der Waals surface area contributed by atoms with Crippen LogP contribution >= 0.6 is 0 Å². The second-order valence-electron chi connectivity index (χ2n) is 6.23. The van der Waals surface area contributed by atoms with Gasteiger partial charge in [-0.25, -0.2) is 15.0 Å². The van der Waals surface area contributed by atoms with Crippen LogP contribution in [0.5, 0.6) is 11.8 Å². The van der Waals surface area contributed by atoms with Gasteiger partial charge in [-0.1, -0.05) is 18.2 Å². The summed E-state index contributed by atoms with van der Waals surface area (Å²) in [4.78, 5) is 29.7. The van der Waals surface area contributed by atoms with E-state index in [0.29, 0.717) is 17.3 Å². The van der Waals surface area contributed by atoms with E-state index < -0.39 is 0 Å². The van der Waals surface area contributed by atoms with E-state index >= 15 is 0 Å². The van der Waals surface area contributed by atoms with Crippen molar-refractivity contribution < 1.29 is 9.53 Å². The smallest absolute Gasteiger partial charge is 0.321 e. The number of likely N-dealkylation sites (tertiary alicyclic amines) is 1. The van der Waals surface area contributed by atoms with Crippen LogP contribution in [-0.4, -0.2) is 50.3 Å². The third-order valence-corrected chi connectivity index (χ3v) is 4.15. The fourth-order valence-corrected chi connectivity index (χ4v) is 2.76. The van der Waals surface area contributed by atoms with Gasteiger partial charge in [-0.05, 0) is 18.2 Å². The third kappa shape index (κ3) is 4.29. The van der Waals surface area contributed by atoms with Crippen LogP contribution < -0.4 is 10.1 Å². The zero-order chi connectivity index (χ0) is 19.2. The highest BCUT2D eigenvalue weighted by molar-refractivity contribution is 5.64. The summed E-state index contributed by atoms with van der Waals surface area (Å²) >= 11 is 0. The first-order chi connectivity index (χ1) is 13.8. The Kier molecular flexibility index (Phi) is 5.19. The summed E-state index contributed by atoms with van der Waals surface area (Å²) in [6, 6.07) is 9.91. The van der Waals surface area contributed by atoms with Crippen LogP contribution in [-0.2, 0) is 4.79 Å². The molecule has 1 aliphatic rings. The number of ether oxygens (including phenoxy) is 1. The second kappa shape index (κ2) is 8.26. The number of rotatable bonds is 7. The number of allylic oxidation sites excluding steroid dienone is 1. The van der Waals surface area contributed by atoms with E-state index in [-0.39, 0.29) is 12.1 Å². The average molecular weight is 374 g/mol. The molecule has 8 heteroatoms. The first kappa shape index (κ1) is 17.6. The Balaban J connectivity index is 1.39. The minimum absolute atomic E-state index is 0.263. The van der Waals surface area contributed by atoms with Crippen LogP contribution in [0.15, 0.2) is 67.4 Å². The van der Waals surface area contributed by atoms with E-state index in [1.54, 1.807) is 31.0 Å². The van der Waals surface area contributed by atoms with Crippen molar-refractivity contribution in [2.75, 3.05) is 18.4 Å². The van der Waals surface area contributed by atoms with E-state index in [1.165, 1.54) is 6.08 Å². The Morgan fingerprint density at radius 3 is 2.61 bits per heavy atom. The van der Waals surface area contributed by atoms with Crippen molar-refractivity contribution in [3.63, 3.8) is 0 Å². The van der Waals surface area contributed by atoms with E-state index in [2.05, 4.69) is 25.3 Å². The molecule has 0 saturated carbocycles. The first-order valence-electron chi connectivity index (χ1n) is 8.80. The lowest BCUT2D eigenvalue weighted by molar-refractivity contribution is -0.104. The molecule has 3 aromatic rings. The van der Waals surface area contributed by atoms with Gasteiger partial charge in [-0.3, -0.25) is 9.78 Å². The molecular weight excluding hydrogens is 356 g/mol. The summed E-state index contributed by atoms with van der Waals surface area (Å²) in [5, 5.41) is 3.34. The fraction of sp³-hybridized carbons (Fsp3) is 0.150. The van der Waals surface area contributed by atoms with Gasteiger partial charge in [0.15, 0.2) is 0 Å². The first-order valence-corrected chi connectivity index (χ1v) is 8.80. The van der Waals surface area contributed by atoms with Crippen LogP contribution in [0.2, 0.25) is 0 Å². The number of hydrogen-bond acceptors (Lipinski definition) is 8. The fourth-order valence-electron chi connectivity index (χ4n) is 2.76. The number of carbonyl (C=O) groups is 1. The van der Waals surface area contributed by atoms with E-state index in [9.17, 15) is 4.79 Å². The number of para-hydroxylation sites is 1. The Bertz CT molecular complexity index is 956. The van der Waals surface area contributed by atoms with Gasteiger partial charge in [0.2, 0.25) is 0 Å². The summed E-state index contributed by atoms with van der Waals surface area (Å²) in [7, 11) is 0. The molecular formula is C20H18N6O2. The van der Waals surface area contributed by atoms with Crippen molar-refractivity contribution in [2.24, 2.45) is 0 Å². The van der Waals surface area contributed by atoms with Crippen molar-refractivity contribution in [1.29, 1.82) is 0 Å². The normalized spacial score (nSPS) is 13.9. The third-order valence-electron chi connectivity index (χ3n) is 4.15. The monoisotopic (exact) mass is 374 g/mol. The van der Waals surface area contributed by atoms with Crippen molar-refractivity contribution in [2.45, 2.75) is 6.04 Å². The Labute approximate surface area is 162 Å². The highest BCUT2D eigenvalue weighted by Gasteiger charge is 2.24. The highest BCUT2D eigenvalue weighted by atomic mass is 16.5. The predicted octanol–water partition coefficient (Wildman–Crippen LogP) is 2.53. The molecule has 0 aliphatic carbocycles. The molecule has 2 aromatic heterocycles. The van der Waals surface area contributed by atoms with Gasteiger partial charge in [0, 0.05) is 37.2 Å². The van der Waals surface area contributed by atoms with Crippen LogP contribution in [0.4, 0.5) is 5.82 Å². The Hall–Kier alpha value is -3.81. The molecule has 0 radical (unpaired) electrons. The zero-order valence-electron chi connectivity index (χ0n) is 15.0. The summed E-state index contributed by atoms with van der Waals surface area (Å²) in [6.07, 6.45) is 10.7. The number of anilines is 1. The topological polar surface area (TPSA) is 93.1 Å². The maximum absolute atomic E-state index is 10.3. The van der Waals surface area contributed by atoms with Crippen LogP contribution in [0.25, 0.3) is 11.3 Å². The number of aldehydes is 1. The van der Waals surface area contributed by atoms with Gasteiger partial charge < -0.3 is 15.0 Å². The Morgan fingerprint density at radius 2 is 1.86 bits per heavy atom. The molecule has 1 aliphatic heterocycles. The molecule has 1 fully saturated rings. The molecule has 1 N–H and O–H groups in total. The maximum atomic E-state index is 10.3. The van der Waals surface area contributed by atoms with Crippen LogP contribution in [0, 0.1) is 0 Å². The van der Waals surface area contributed by atoms with Crippen molar-refractivity contribution in [1.82, 2.24) is 24.8 Å². The highest BCUT2D eigenvalue weighted by Crippen LogP contribution is 2.21. The Morgan fingerprint density at radius 1 is 1.07 bits per heavy atom. The van der Waals surface area contributed by atoms with Crippen LogP contribution in [0.3, 0.4) is 0 Å². The summed E-state index contributed by atoms with van der Waals surface area (Å²) in [5.74, 6) is 1.37. The number of hydrogen-bond donors (Lipinski definition) is 1. The molecule has 0 spiro atoms. The van der Waals surface area contributed by atoms with Crippen LogP contribution in [0.1, 0.15) is 0 Å². The number of aromatic nitrogens is 4. The van der Waals surface area contributed by atoms with Crippen molar-refractivity contribution in [3.8, 4) is 23.0 Å². The van der Waals surface area contributed by atoms with Gasteiger partial charge in [0.05, 0.1) is 24.1 Å². The molecule has 0 amide bonds. The van der Waals surface area contributed by atoms with Gasteiger partial charge in [-0.2, -0.15) is 0 Å². The molecule has 28 heavy (non-hydrogen) atoms. The molecule has 0 atom stereocenters. The molecule has 140 valence electrons. The van der Waals surface area contributed by atoms with E-state index in [4.69, 9.17) is 4.74 Å². The quantitative estimate of drug-likeness (QED) is 0.498. The lowest BCUT2D eigenvalue weighted by Gasteiger charge is -2.39. The molecule has 1 aromatic carbocycles. The SMILES string of the molecule is O=CC=CN1CC(Nc2cncc(-c3cnc(Oc4ccccc4)nc3)n2)C1. The molecule has 8 nitrogen and oxygen atoms in total. The zero-order valence-corrected chi connectivity index (χ0v) is 15.0. The van der Waals surface area contributed by atoms with Gasteiger partial charge in [0.25, 0.3) is 0 Å². The number of nitrogens with zero attached hydrogens (tertiary/aromatic N) is 5. The lowest BCUT2D eigenvalue weighted by Crippen LogP contribution is -2.52. The summed E-state index contributed by atoms with van der Waals surface area (Å²) in [6.45, 7) is 1.62. The van der Waals surface area contributed by atoms with Crippen molar-refractivity contribution in [3.05, 3.63) is 67.4 Å². The second-order valence-corrected chi connectivity index (χ2v) is 6.23. The molecule has 4 rings (SSSR count). The number of nitrogens with one attached hydrogen (secondary N) is 1. The number of carbonyl (C=O) groups excluding carboxylic acids is 1. The minimum Gasteiger partial charge on any atom is -0.424 e. The molecule has 0 unspecified atom stereocenters. The maximum Gasteiger partial charge on any atom is 0.321 e. The summed E-state index contributed by atoms with van der Waals surface area (Å²) in [5.41, 5.74) is 1.43.